The highest BCUT2D eigenvalue weighted by Gasteiger charge is 2.33. The van der Waals surface area contributed by atoms with Crippen molar-refractivity contribution in [1.29, 1.82) is 0 Å². The molecule has 0 amide bonds. The SMILES string of the molecule is CCN(CC)S(=O)(=O)N1CCCC(c2ccc(-c3ccc(N)nc3)cn2)C1. The predicted molar refractivity (Wildman–Crippen MR) is 107 cm³/mol. The topological polar surface area (TPSA) is 92.4 Å². The van der Waals surface area contributed by atoms with Crippen LogP contribution in [0.5, 0.6) is 0 Å². The highest BCUT2D eigenvalue weighted by Crippen LogP contribution is 2.29. The molecule has 1 aliphatic rings. The maximum Gasteiger partial charge on any atom is 0.281 e. The number of nitrogen functional groups attached to an aromatic ring is 1. The molecule has 0 aromatic carbocycles. The number of hydrogen-bond acceptors (Lipinski definition) is 5. The van der Waals surface area contributed by atoms with E-state index in [0.29, 0.717) is 32.0 Å². The van der Waals surface area contributed by atoms with Gasteiger partial charge < -0.3 is 5.73 Å². The molecule has 27 heavy (non-hydrogen) atoms. The van der Waals surface area contributed by atoms with Gasteiger partial charge in [-0.2, -0.15) is 17.0 Å². The summed E-state index contributed by atoms with van der Waals surface area (Å²) in [6.07, 6.45) is 5.34. The monoisotopic (exact) mass is 389 g/mol. The predicted octanol–water partition coefficient (Wildman–Crippen LogP) is 2.49. The van der Waals surface area contributed by atoms with Gasteiger partial charge in [-0.1, -0.05) is 19.9 Å². The second kappa shape index (κ2) is 8.33. The number of nitrogens with zero attached hydrogens (tertiary/aromatic N) is 4. The van der Waals surface area contributed by atoms with E-state index in [-0.39, 0.29) is 5.92 Å². The molecule has 1 fully saturated rings. The van der Waals surface area contributed by atoms with Crippen LogP contribution in [0.3, 0.4) is 0 Å². The number of piperidine rings is 1. The van der Waals surface area contributed by atoms with Crippen LogP contribution in [0, 0.1) is 0 Å². The Morgan fingerprint density at radius 1 is 1.11 bits per heavy atom. The average molecular weight is 390 g/mol. The first-order chi connectivity index (χ1) is 13.0. The van der Waals surface area contributed by atoms with E-state index in [4.69, 9.17) is 5.73 Å². The maximum atomic E-state index is 12.8. The average Bonchev–Trinajstić information content (AvgIpc) is 2.69. The van der Waals surface area contributed by atoms with Crippen LogP contribution in [-0.4, -0.2) is 53.2 Å². The van der Waals surface area contributed by atoms with Crippen molar-refractivity contribution >= 4 is 16.0 Å². The molecular formula is C19H27N5O2S. The fourth-order valence-electron chi connectivity index (χ4n) is 3.50. The number of nitrogens with two attached hydrogens (primary N) is 1. The van der Waals surface area contributed by atoms with Crippen molar-refractivity contribution in [3.63, 3.8) is 0 Å². The molecule has 0 saturated carbocycles. The van der Waals surface area contributed by atoms with E-state index in [0.717, 1.165) is 29.7 Å². The third-order valence-electron chi connectivity index (χ3n) is 5.07. The molecule has 0 spiro atoms. The fourth-order valence-corrected chi connectivity index (χ4v) is 5.21. The van der Waals surface area contributed by atoms with E-state index in [1.807, 2.05) is 38.2 Å². The van der Waals surface area contributed by atoms with Gasteiger partial charge in [0, 0.05) is 61.3 Å². The van der Waals surface area contributed by atoms with Crippen LogP contribution < -0.4 is 5.73 Å². The lowest BCUT2D eigenvalue weighted by atomic mass is 9.95. The Labute approximate surface area is 161 Å². The lowest BCUT2D eigenvalue weighted by molar-refractivity contribution is 0.285. The van der Waals surface area contributed by atoms with Gasteiger partial charge in [0.15, 0.2) is 0 Å². The highest BCUT2D eigenvalue weighted by atomic mass is 32.2. The minimum absolute atomic E-state index is 0.114. The van der Waals surface area contributed by atoms with Crippen molar-refractivity contribution in [2.24, 2.45) is 0 Å². The largest absolute Gasteiger partial charge is 0.384 e. The summed E-state index contributed by atoms with van der Waals surface area (Å²) in [6, 6.07) is 7.68. The number of rotatable bonds is 6. The van der Waals surface area contributed by atoms with Gasteiger partial charge in [-0.05, 0) is 31.0 Å². The lowest BCUT2D eigenvalue weighted by Crippen LogP contribution is -2.47. The molecule has 1 aliphatic heterocycles. The second-order valence-corrected chi connectivity index (χ2v) is 8.66. The minimum atomic E-state index is -3.40. The minimum Gasteiger partial charge on any atom is -0.384 e. The Kier molecular flexibility index (Phi) is 6.08. The lowest BCUT2D eigenvalue weighted by Gasteiger charge is -2.34. The van der Waals surface area contributed by atoms with E-state index in [1.165, 1.54) is 4.31 Å². The number of aromatic nitrogens is 2. The van der Waals surface area contributed by atoms with E-state index >= 15 is 0 Å². The van der Waals surface area contributed by atoms with E-state index < -0.39 is 10.2 Å². The van der Waals surface area contributed by atoms with Gasteiger partial charge in [-0.3, -0.25) is 4.98 Å². The number of pyridine rings is 2. The molecule has 146 valence electrons. The van der Waals surface area contributed by atoms with Crippen LogP contribution in [0.1, 0.15) is 38.3 Å². The van der Waals surface area contributed by atoms with Crippen molar-refractivity contribution < 1.29 is 8.42 Å². The Hall–Kier alpha value is -2.03. The molecule has 3 heterocycles. The Morgan fingerprint density at radius 2 is 1.78 bits per heavy atom. The number of anilines is 1. The molecule has 1 atom stereocenters. The summed E-state index contributed by atoms with van der Waals surface area (Å²) in [5.41, 5.74) is 8.49. The van der Waals surface area contributed by atoms with Gasteiger partial charge in [-0.15, -0.1) is 0 Å². The van der Waals surface area contributed by atoms with E-state index in [1.54, 1.807) is 16.6 Å². The summed E-state index contributed by atoms with van der Waals surface area (Å²) >= 11 is 0. The van der Waals surface area contributed by atoms with Gasteiger partial charge in [0.05, 0.1) is 0 Å². The highest BCUT2D eigenvalue weighted by molar-refractivity contribution is 7.86. The van der Waals surface area contributed by atoms with Crippen LogP contribution >= 0.6 is 0 Å². The van der Waals surface area contributed by atoms with Crippen molar-refractivity contribution in [2.45, 2.75) is 32.6 Å². The van der Waals surface area contributed by atoms with Crippen molar-refractivity contribution in [1.82, 2.24) is 18.6 Å². The zero-order valence-corrected chi connectivity index (χ0v) is 16.7. The smallest absolute Gasteiger partial charge is 0.281 e. The van der Waals surface area contributed by atoms with Gasteiger partial charge in [-0.25, -0.2) is 4.98 Å². The maximum absolute atomic E-state index is 12.8. The van der Waals surface area contributed by atoms with E-state index in [9.17, 15) is 8.42 Å². The normalized spacial score (nSPS) is 18.7. The molecule has 2 N–H and O–H groups in total. The molecule has 8 heteroatoms. The third kappa shape index (κ3) is 4.28. The first kappa shape index (κ1) is 19.7. The molecule has 2 aromatic heterocycles. The van der Waals surface area contributed by atoms with Crippen LogP contribution in [-0.2, 0) is 10.2 Å². The van der Waals surface area contributed by atoms with Gasteiger partial charge in [0.2, 0.25) is 0 Å². The van der Waals surface area contributed by atoms with Gasteiger partial charge in [0.1, 0.15) is 5.82 Å². The molecule has 1 saturated heterocycles. The standard InChI is InChI=1S/C19H27N5O2S/c1-3-23(4-2)27(25,26)24-11-5-6-17(14-24)18-9-7-15(12-21-18)16-8-10-19(20)22-13-16/h7-10,12-13,17H,3-6,11,14H2,1-2H3,(H2,20,22). The molecule has 0 aliphatic carbocycles. The van der Waals surface area contributed by atoms with Crippen LogP contribution in [0.2, 0.25) is 0 Å². The summed E-state index contributed by atoms with van der Waals surface area (Å²) in [7, 11) is -3.40. The molecule has 2 aromatic rings. The zero-order valence-electron chi connectivity index (χ0n) is 15.9. The van der Waals surface area contributed by atoms with Gasteiger partial charge >= 0.3 is 0 Å². The summed E-state index contributed by atoms with van der Waals surface area (Å²) in [6.45, 7) is 5.77. The Morgan fingerprint density at radius 3 is 2.33 bits per heavy atom. The van der Waals surface area contributed by atoms with Crippen molar-refractivity contribution in [3.05, 3.63) is 42.4 Å². The molecule has 0 bridgehead atoms. The van der Waals surface area contributed by atoms with Crippen LogP contribution in [0.4, 0.5) is 5.82 Å². The van der Waals surface area contributed by atoms with Crippen molar-refractivity contribution in [2.75, 3.05) is 31.9 Å². The summed E-state index contributed by atoms with van der Waals surface area (Å²) < 4.78 is 28.7. The summed E-state index contributed by atoms with van der Waals surface area (Å²) in [4.78, 5) is 8.72. The molecule has 0 radical (unpaired) electrons. The first-order valence-electron chi connectivity index (χ1n) is 9.38. The summed E-state index contributed by atoms with van der Waals surface area (Å²) in [5, 5.41) is 0. The fraction of sp³-hybridized carbons (Fsp3) is 0.474. The zero-order chi connectivity index (χ0) is 19.4. The Balaban J connectivity index is 1.75. The molecule has 3 rings (SSSR count). The van der Waals surface area contributed by atoms with Crippen molar-refractivity contribution in [3.8, 4) is 11.1 Å². The Bertz CT molecular complexity index is 849. The third-order valence-corrected chi connectivity index (χ3v) is 7.22. The number of hydrogen-bond donors (Lipinski definition) is 1. The second-order valence-electron chi connectivity index (χ2n) is 6.73. The van der Waals surface area contributed by atoms with E-state index in [2.05, 4.69) is 9.97 Å². The first-order valence-corrected chi connectivity index (χ1v) is 10.8. The molecule has 7 nitrogen and oxygen atoms in total. The molecular weight excluding hydrogens is 362 g/mol. The van der Waals surface area contributed by atoms with Crippen LogP contribution in [0.15, 0.2) is 36.7 Å². The van der Waals surface area contributed by atoms with Gasteiger partial charge in [0.25, 0.3) is 10.2 Å². The molecule has 1 unspecified atom stereocenters. The van der Waals surface area contributed by atoms with Crippen LogP contribution in [0.25, 0.3) is 11.1 Å². The quantitative estimate of drug-likeness (QED) is 0.819. The summed E-state index contributed by atoms with van der Waals surface area (Å²) in [5.74, 6) is 0.600.